The number of nitrogens with zero attached hydrogens (tertiary/aromatic N) is 1. The fourth-order valence-electron chi connectivity index (χ4n) is 2.21. The molecule has 1 N–H and O–H groups in total. The van der Waals surface area contributed by atoms with Crippen LogP contribution in [0.5, 0.6) is 11.5 Å². The molecule has 3 heteroatoms. The third-order valence-corrected chi connectivity index (χ3v) is 3.18. The summed E-state index contributed by atoms with van der Waals surface area (Å²) in [4.78, 5) is 4.16. The van der Waals surface area contributed by atoms with E-state index in [1.54, 1.807) is 25.4 Å². The Morgan fingerprint density at radius 1 is 1.05 bits per heavy atom. The van der Waals surface area contributed by atoms with Crippen LogP contribution in [0.1, 0.15) is 0 Å². The molecule has 0 radical (unpaired) electrons. The number of pyridine rings is 1. The molecule has 2 aromatic carbocycles. The van der Waals surface area contributed by atoms with Crippen LogP contribution in [0.2, 0.25) is 0 Å². The number of phenols is 1. The van der Waals surface area contributed by atoms with Crippen molar-refractivity contribution in [2.75, 3.05) is 7.11 Å². The summed E-state index contributed by atoms with van der Waals surface area (Å²) in [7, 11) is 1.61. The van der Waals surface area contributed by atoms with Crippen molar-refractivity contribution in [3.05, 3.63) is 54.9 Å². The van der Waals surface area contributed by atoms with Gasteiger partial charge in [-0.05, 0) is 35.2 Å². The first kappa shape index (κ1) is 11.5. The Balaban J connectivity index is 2.30. The topological polar surface area (TPSA) is 42.4 Å². The highest BCUT2D eigenvalue weighted by molar-refractivity contribution is 5.97. The fraction of sp³-hybridized carbons (Fsp3) is 0.0625. The van der Waals surface area contributed by atoms with E-state index in [-0.39, 0.29) is 5.75 Å². The van der Waals surface area contributed by atoms with E-state index in [1.165, 1.54) is 0 Å². The summed E-state index contributed by atoms with van der Waals surface area (Å²) >= 11 is 0. The van der Waals surface area contributed by atoms with Gasteiger partial charge in [-0.2, -0.15) is 0 Å². The van der Waals surface area contributed by atoms with Crippen LogP contribution in [0.25, 0.3) is 21.9 Å². The Bertz CT molecular complexity index is 732. The minimum atomic E-state index is 0.233. The summed E-state index contributed by atoms with van der Waals surface area (Å²) < 4.78 is 5.22. The predicted molar refractivity (Wildman–Crippen MR) is 75.4 cm³/mol. The molecule has 0 spiro atoms. The van der Waals surface area contributed by atoms with Crippen LogP contribution in [0, 0.1) is 0 Å². The van der Waals surface area contributed by atoms with Gasteiger partial charge in [0, 0.05) is 23.3 Å². The van der Waals surface area contributed by atoms with Gasteiger partial charge in [-0.15, -0.1) is 0 Å². The van der Waals surface area contributed by atoms with E-state index in [9.17, 15) is 5.11 Å². The van der Waals surface area contributed by atoms with Gasteiger partial charge in [-0.25, -0.2) is 0 Å². The number of rotatable bonds is 2. The second-order valence-electron chi connectivity index (χ2n) is 4.29. The van der Waals surface area contributed by atoms with Gasteiger partial charge in [-0.3, -0.25) is 4.98 Å². The second-order valence-corrected chi connectivity index (χ2v) is 4.29. The van der Waals surface area contributed by atoms with E-state index < -0.39 is 0 Å². The molecule has 0 bridgehead atoms. The van der Waals surface area contributed by atoms with Gasteiger partial charge >= 0.3 is 0 Å². The molecule has 0 aliphatic heterocycles. The van der Waals surface area contributed by atoms with Crippen molar-refractivity contribution < 1.29 is 9.84 Å². The molecule has 1 heterocycles. The zero-order valence-corrected chi connectivity index (χ0v) is 10.5. The molecule has 3 rings (SSSR count). The molecular weight excluding hydrogens is 238 g/mol. The number of aromatic hydroxyl groups is 1. The summed E-state index contributed by atoms with van der Waals surface area (Å²) in [5.41, 5.74) is 1.69. The van der Waals surface area contributed by atoms with E-state index in [4.69, 9.17) is 4.74 Å². The lowest BCUT2D eigenvalue weighted by atomic mass is 9.99. The molecule has 3 nitrogen and oxygen atoms in total. The van der Waals surface area contributed by atoms with Crippen molar-refractivity contribution in [3.8, 4) is 22.6 Å². The highest BCUT2D eigenvalue weighted by Crippen LogP contribution is 2.36. The highest BCUT2D eigenvalue weighted by Gasteiger charge is 2.09. The maximum absolute atomic E-state index is 10.1. The standard InChI is InChI=1S/C16H13NO2/c1-19-12-5-6-16(18)14(9-12)13-4-2-3-11-7-8-17-10-15(11)13/h2-10,18H,1H3. The smallest absolute Gasteiger partial charge is 0.123 e. The van der Waals surface area contributed by atoms with E-state index in [1.807, 2.05) is 36.5 Å². The number of hydrogen-bond acceptors (Lipinski definition) is 3. The van der Waals surface area contributed by atoms with Crippen molar-refractivity contribution in [3.63, 3.8) is 0 Å². The lowest BCUT2D eigenvalue weighted by molar-refractivity contribution is 0.412. The van der Waals surface area contributed by atoms with E-state index in [2.05, 4.69) is 4.98 Å². The summed E-state index contributed by atoms with van der Waals surface area (Å²) in [5.74, 6) is 0.950. The van der Waals surface area contributed by atoms with Crippen molar-refractivity contribution in [1.82, 2.24) is 4.98 Å². The summed E-state index contributed by atoms with van der Waals surface area (Å²) in [6.45, 7) is 0. The lowest BCUT2D eigenvalue weighted by Crippen LogP contribution is -1.86. The molecule has 19 heavy (non-hydrogen) atoms. The molecule has 0 amide bonds. The molecule has 3 aromatic rings. The van der Waals surface area contributed by atoms with Crippen LogP contribution >= 0.6 is 0 Å². The monoisotopic (exact) mass is 251 g/mol. The third kappa shape index (κ3) is 1.99. The molecule has 0 saturated heterocycles. The van der Waals surface area contributed by atoms with Crippen LogP contribution < -0.4 is 4.74 Å². The number of aromatic nitrogens is 1. The minimum Gasteiger partial charge on any atom is -0.507 e. The maximum Gasteiger partial charge on any atom is 0.123 e. The van der Waals surface area contributed by atoms with Crippen LogP contribution in [-0.4, -0.2) is 17.2 Å². The zero-order valence-electron chi connectivity index (χ0n) is 10.5. The van der Waals surface area contributed by atoms with Crippen molar-refractivity contribution in [2.24, 2.45) is 0 Å². The molecule has 0 aliphatic rings. The summed E-state index contributed by atoms with van der Waals surface area (Å²) in [6, 6.07) is 13.1. The molecule has 0 unspecified atom stereocenters. The quantitative estimate of drug-likeness (QED) is 0.756. The zero-order chi connectivity index (χ0) is 13.2. The number of benzene rings is 2. The van der Waals surface area contributed by atoms with Crippen LogP contribution in [-0.2, 0) is 0 Å². The van der Waals surface area contributed by atoms with E-state index in [0.717, 1.165) is 21.9 Å². The molecule has 0 aliphatic carbocycles. The number of hydrogen-bond donors (Lipinski definition) is 1. The van der Waals surface area contributed by atoms with Crippen LogP contribution in [0.3, 0.4) is 0 Å². The van der Waals surface area contributed by atoms with Gasteiger partial charge in [0.1, 0.15) is 11.5 Å². The van der Waals surface area contributed by atoms with E-state index in [0.29, 0.717) is 5.75 Å². The van der Waals surface area contributed by atoms with Gasteiger partial charge in [0.05, 0.1) is 7.11 Å². The molecule has 94 valence electrons. The second kappa shape index (κ2) is 4.61. The normalized spacial score (nSPS) is 10.6. The highest BCUT2D eigenvalue weighted by atomic mass is 16.5. The predicted octanol–water partition coefficient (Wildman–Crippen LogP) is 3.62. The Morgan fingerprint density at radius 2 is 1.95 bits per heavy atom. The number of ether oxygens (including phenoxy) is 1. The number of methoxy groups -OCH3 is 1. The SMILES string of the molecule is COc1ccc(O)c(-c2cccc3ccncc23)c1. The Labute approximate surface area is 111 Å². The molecule has 0 fully saturated rings. The summed E-state index contributed by atoms with van der Waals surface area (Å²) in [6.07, 6.45) is 3.57. The van der Waals surface area contributed by atoms with Crippen LogP contribution in [0.4, 0.5) is 0 Å². The van der Waals surface area contributed by atoms with Gasteiger partial charge in [-0.1, -0.05) is 18.2 Å². The average Bonchev–Trinajstić information content (AvgIpc) is 2.47. The summed E-state index contributed by atoms with van der Waals surface area (Å²) in [5, 5.41) is 12.2. The molecular formula is C16H13NO2. The maximum atomic E-state index is 10.1. The largest absolute Gasteiger partial charge is 0.507 e. The third-order valence-electron chi connectivity index (χ3n) is 3.18. The van der Waals surface area contributed by atoms with Crippen LogP contribution in [0.15, 0.2) is 54.9 Å². The Hall–Kier alpha value is -2.55. The lowest BCUT2D eigenvalue weighted by Gasteiger charge is -2.10. The van der Waals surface area contributed by atoms with Crippen molar-refractivity contribution in [2.45, 2.75) is 0 Å². The van der Waals surface area contributed by atoms with Gasteiger partial charge in [0.25, 0.3) is 0 Å². The minimum absolute atomic E-state index is 0.233. The molecule has 1 aromatic heterocycles. The first-order chi connectivity index (χ1) is 9.29. The van der Waals surface area contributed by atoms with Gasteiger partial charge in [0.15, 0.2) is 0 Å². The fourth-order valence-corrected chi connectivity index (χ4v) is 2.21. The Kier molecular flexibility index (Phi) is 2.80. The van der Waals surface area contributed by atoms with E-state index >= 15 is 0 Å². The first-order valence-corrected chi connectivity index (χ1v) is 6.00. The Morgan fingerprint density at radius 3 is 2.79 bits per heavy atom. The molecule has 0 atom stereocenters. The van der Waals surface area contributed by atoms with Crippen molar-refractivity contribution >= 4 is 10.8 Å². The first-order valence-electron chi connectivity index (χ1n) is 6.00. The molecule has 0 saturated carbocycles. The number of fused-ring (bicyclic) bond motifs is 1. The average molecular weight is 251 g/mol. The van der Waals surface area contributed by atoms with Gasteiger partial charge < -0.3 is 9.84 Å². The van der Waals surface area contributed by atoms with Gasteiger partial charge in [0.2, 0.25) is 0 Å². The van der Waals surface area contributed by atoms with Crippen molar-refractivity contribution in [1.29, 1.82) is 0 Å². The number of phenolic OH excluding ortho intramolecular Hbond substituents is 1.